The van der Waals surface area contributed by atoms with Gasteiger partial charge in [-0.25, -0.2) is 4.79 Å². The molecule has 12 heteroatoms. The maximum Gasteiger partial charge on any atom is 0.418 e. The standard InChI is InChI=1S/C15H13F3N2O7/c1-8(27-14(22)12-7-25-4-5-26-12)13(21)19-11-3-2-9(20(23)24)6-10(11)15(16,17)18/h2-3,6-8H,4-5H2,1H3,(H,19,21)/t8-/m1/s1. The summed E-state index contributed by atoms with van der Waals surface area (Å²) in [4.78, 5) is 33.5. The van der Waals surface area contributed by atoms with Crippen molar-refractivity contribution in [1.29, 1.82) is 0 Å². The van der Waals surface area contributed by atoms with E-state index >= 15 is 0 Å². The first-order valence-corrected chi connectivity index (χ1v) is 7.41. The number of alkyl halides is 3. The SMILES string of the molecule is C[C@@H](OC(=O)C1=COCCO1)C(=O)Nc1ccc([N+](=O)[O-])cc1C(F)(F)F. The molecule has 1 aliphatic heterocycles. The number of nitrogens with zero attached hydrogens (tertiary/aromatic N) is 1. The molecule has 0 aromatic heterocycles. The smallest absolute Gasteiger partial charge is 0.418 e. The van der Waals surface area contributed by atoms with Gasteiger partial charge >= 0.3 is 12.1 Å². The molecule has 0 saturated heterocycles. The zero-order valence-corrected chi connectivity index (χ0v) is 13.7. The second kappa shape index (κ2) is 7.93. The van der Waals surface area contributed by atoms with Gasteiger partial charge in [0, 0.05) is 12.1 Å². The topological polar surface area (TPSA) is 117 Å². The van der Waals surface area contributed by atoms with Crippen LogP contribution in [-0.2, 0) is 30.0 Å². The summed E-state index contributed by atoms with van der Waals surface area (Å²) in [6, 6.07) is 1.85. The summed E-state index contributed by atoms with van der Waals surface area (Å²) in [5.41, 5.74) is -2.91. The Kier molecular flexibility index (Phi) is 5.88. The lowest BCUT2D eigenvalue weighted by Crippen LogP contribution is -2.32. The maximum absolute atomic E-state index is 13.1. The van der Waals surface area contributed by atoms with Gasteiger partial charge < -0.3 is 19.5 Å². The minimum Gasteiger partial charge on any atom is -0.493 e. The number of carbonyl (C=O) groups is 2. The molecule has 1 aromatic carbocycles. The number of nitro groups is 1. The predicted molar refractivity (Wildman–Crippen MR) is 82.3 cm³/mol. The number of esters is 1. The van der Waals surface area contributed by atoms with Crippen molar-refractivity contribution in [2.45, 2.75) is 19.2 Å². The average molecular weight is 390 g/mol. The quantitative estimate of drug-likeness (QED) is 0.466. The molecule has 0 radical (unpaired) electrons. The molecule has 0 aliphatic carbocycles. The number of ether oxygens (including phenoxy) is 3. The molecular formula is C15H13F3N2O7. The van der Waals surface area contributed by atoms with E-state index < -0.39 is 46.0 Å². The van der Waals surface area contributed by atoms with Crippen LogP contribution >= 0.6 is 0 Å². The highest BCUT2D eigenvalue weighted by Crippen LogP contribution is 2.37. The number of hydrogen-bond donors (Lipinski definition) is 1. The van der Waals surface area contributed by atoms with Gasteiger partial charge in [-0.2, -0.15) is 13.2 Å². The normalized spacial score (nSPS) is 14.9. The first-order chi connectivity index (χ1) is 12.6. The van der Waals surface area contributed by atoms with Gasteiger partial charge in [0.1, 0.15) is 19.5 Å². The van der Waals surface area contributed by atoms with Gasteiger partial charge in [0.2, 0.25) is 5.76 Å². The summed E-state index contributed by atoms with van der Waals surface area (Å²) in [7, 11) is 0. The predicted octanol–water partition coefficient (Wildman–Crippen LogP) is 2.37. The number of nitrogens with one attached hydrogen (secondary N) is 1. The van der Waals surface area contributed by atoms with Crippen LogP contribution in [0.2, 0.25) is 0 Å². The molecule has 1 heterocycles. The Morgan fingerprint density at radius 1 is 1.33 bits per heavy atom. The molecule has 2 rings (SSSR count). The number of carbonyl (C=O) groups excluding carboxylic acids is 2. The third-order valence-electron chi connectivity index (χ3n) is 3.28. The van der Waals surface area contributed by atoms with Crippen molar-refractivity contribution in [3.05, 3.63) is 45.9 Å². The summed E-state index contributed by atoms with van der Waals surface area (Å²) in [6.45, 7) is 1.46. The van der Waals surface area contributed by atoms with Gasteiger partial charge in [-0.05, 0) is 13.0 Å². The van der Waals surface area contributed by atoms with E-state index in [0.717, 1.165) is 25.3 Å². The number of rotatable bonds is 5. The molecule has 146 valence electrons. The van der Waals surface area contributed by atoms with Crippen LogP contribution in [-0.4, -0.2) is 36.1 Å². The fraction of sp³-hybridized carbons (Fsp3) is 0.333. The number of nitro benzene ring substituents is 1. The molecule has 0 unspecified atom stereocenters. The van der Waals surface area contributed by atoms with Crippen LogP contribution in [0.5, 0.6) is 0 Å². The van der Waals surface area contributed by atoms with Crippen LogP contribution in [0.15, 0.2) is 30.2 Å². The fourth-order valence-electron chi connectivity index (χ4n) is 1.97. The minimum atomic E-state index is -4.95. The number of halogens is 3. The largest absolute Gasteiger partial charge is 0.493 e. The molecule has 0 bridgehead atoms. The van der Waals surface area contributed by atoms with Crippen LogP contribution < -0.4 is 5.32 Å². The van der Waals surface area contributed by atoms with Crippen molar-refractivity contribution in [2.24, 2.45) is 0 Å². The van der Waals surface area contributed by atoms with E-state index in [2.05, 4.69) is 0 Å². The molecule has 0 fully saturated rings. The van der Waals surface area contributed by atoms with E-state index in [-0.39, 0.29) is 19.0 Å². The van der Waals surface area contributed by atoms with Crippen LogP contribution in [0.1, 0.15) is 12.5 Å². The van der Waals surface area contributed by atoms with Crippen molar-refractivity contribution < 1.29 is 41.9 Å². The summed E-state index contributed by atoms with van der Waals surface area (Å²) < 4.78 is 53.9. The zero-order chi connectivity index (χ0) is 20.2. The van der Waals surface area contributed by atoms with E-state index in [9.17, 15) is 32.9 Å². The fourth-order valence-corrected chi connectivity index (χ4v) is 1.97. The van der Waals surface area contributed by atoms with E-state index in [1.165, 1.54) is 0 Å². The number of benzene rings is 1. The molecule has 1 atom stereocenters. The summed E-state index contributed by atoms with van der Waals surface area (Å²) in [5.74, 6) is -2.38. The first-order valence-electron chi connectivity index (χ1n) is 7.41. The van der Waals surface area contributed by atoms with Crippen molar-refractivity contribution >= 4 is 23.3 Å². The lowest BCUT2D eigenvalue weighted by molar-refractivity contribution is -0.385. The third-order valence-corrected chi connectivity index (χ3v) is 3.28. The Bertz CT molecular complexity index is 792. The molecule has 1 aliphatic rings. The Hall–Kier alpha value is -3.31. The lowest BCUT2D eigenvalue weighted by Gasteiger charge is -2.18. The highest BCUT2D eigenvalue weighted by molar-refractivity contribution is 5.97. The molecule has 27 heavy (non-hydrogen) atoms. The highest BCUT2D eigenvalue weighted by Gasteiger charge is 2.36. The van der Waals surface area contributed by atoms with Gasteiger partial charge in [0.15, 0.2) is 6.10 Å². The molecule has 1 N–H and O–H groups in total. The molecular weight excluding hydrogens is 377 g/mol. The highest BCUT2D eigenvalue weighted by atomic mass is 19.4. The Balaban J connectivity index is 2.13. The minimum absolute atomic E-state index is 0.0965. The summed E-state index contributed by atoms with van der Waals surface area (Å²) in [5, 5.41) is 12.6. The second-order valence-corrected chi connectivity index (χ2v) is 5.22. The van der Waals surface area contributed by atoms with Gasteiger partial charge in [0.25, 0.3) is 11.6 Å². The Morgan fingerprint density at radius 3 is 2.59 bits per heavy atom. The van der Waals surface area contributed by atoms with Crippen LogP contribution in [0, 0.1) is 10.1 Å². The average Bonchev–Trinajstić information content (AvgIpc) is 2.61. The molecule has 0 spiro atoms. The number of anilines is 1. The molecule has 1 amide bonds. The van der Waals surface area contributed by atoms with E-state index in [1.54, 1.807) is 0 Å². The van der Waals surface area contributed by atoms with Gasteiger partial charge in [-0.3, -0.25) is 14.9 Å². The van der Waals surface area contributed by atoms with E-state index in [1.807, 2.05) is 5.32 Å². The van der Waals surface area contributed by atoms with E-state index in [0.29, 0.717) is 6.07 Å². The van der Waals surface area contributed by atoms with Crippen LogP contribution in [0.4, 0.5) is 24.5 Å². The van der Waals surface area contributed by atoms with Crippen LogP contribution in [0.3, 0.4) is 0 Å². The van der Waals surface area contributed by atoms with Crippen molar-refractivity contribution in [1.82, 2.24) is 0 Å². The lowest BCUT2D eigenvalue weighted by atomic mass is 10.1. The monoisotopic (exact) mass is 390 g/mol. The summed E-state index contributed by atoms with van der Waals surface area (Å²) in [6.07, 6.45) is -5.43. The molecule has 1 aromatic rings. The third kappa shape index (κ3) is 5.09. The zero-order valence-electron chi connectivity index (χ0n) is 13.7. The number of amides is 1. The second-order valence-electron chi connectivity index (χ2n) is 5.22. The van der Waals surface area contributed by atoms with Crippen molar-refractivity contribution in [3.63, 3.8) is 0 Å². The van der Waals surface area contributed by atoms with Gasteiger partial charge in [-0.1, -0.05) is 0 Å². The number of non-ortho nitro benzene ring substituents is 1. The summed E-state index contributed by atoms with van der Waals surface area (Å²) >= 11 is 0. The first kappa shape index (κ1) is 20.0. The Labute approximate surface area is 149 Å². The van der Waals surface area contributed by atoms with E-state index in [4.69, 9.17) is 14.2 Å². The van der Waals surface area contributed by atoms with Crippen molar-refractivity contribution in [3.8, 4) is 0 Å². The maximum atomic E-state index is 13.1. The van der Waals surface area contributed by atoms with Gasteiger partial charge in [0.05, 0.1) is 16.2 Å². The van der Waals surface area contributed by atoms with Crippen molar-refractivity contribution in [2.75, 3.05) is 18.5 Å². The number of hydrogen-bond acceptors (Lipinski definition) is 7. The van der Waals surface area contributed by atoms with Gasteiger partial charge in [-0.15, -0.1) is 0 Å². The Morgan fingerprint density at radius 2 is 2.04 bits per heavy atom. The van der Waals surface area contributed by atoms with Crippen LogP contribution in [0.25, 0.3) is 0 Å². The molecule has 9 nitrogen and oxygen atoms in total. The molecule has 0 saturated carbocycles.